The standard InChI is InChI=1S/C22H14ClN3O7/c1-32-19-8-6-14(10-17(19)23)25-21(28)16(20(27)24-22(25)29)11-15-7-9-18(33-15)12-2-4-13(5-3-12)26(30)31/h2-11H,1H3,(H,24,27,29)/b16-11-. The Bertz CT molecular complexity index is 1330. The first kappa shape index (κ1) is 21.8. The number of barbiturate groups is 1. The molecule has 0 unspecified atom stereocenters. The molecule has 1 fully saturated rings. The van der Waals surface area contributed by atoms with Gasteiger partial charge in [0.15, 0.2) is 0 Å². The third kappa shape index (κ3) is 4.19. The fraction of sp³-hybridized carbons (Fsp3) is 0.0455. The van der Waals surface area contributed by atoms with E-state index in [4.69, 9.17) is 20.8 Å². The van der Waals surface area contributed by atoms with Crippen LogP contribution in [0.3, 0.4) is 0 Å². The van der Waals surface area contributed by atoms with Crippen molar-refractivity contribution in [3.63, 3.8) is 0 Å². The van der Waals surface area contributed by atoms with Gasteiger partial charge in [0.2, 0.25) is 0 Å². The number of benzene rings is 2. The number of nitrogens with zero attached hydrogens (tertiary/aromatic N) is 2. The normalized spacial score (nSPS) is 15.0. The first-order chi connectivity index (χ1) is 15.8. The zero-order chi connectivity index (χ0) is 23.7. The first-order valence-corrected chi connectivity index (χ1v) is 9.76. The maximum atomic E-state index is 13.0. The summed E-state index contributed by atoms with van der Waals surface area (Å²) >= 11 is 6.10. The smallest absolute Gasteiger partial charge is 0.335 e. The summed E-state index contributed by atoms with van der Waals surface area (Å²) < 4.78 is 10.7. The number of hydrogen-bond donors (Lipinski definition) is 1. The zero-order valence-electron chi connectivity index (χ0n) is 16.9. The minimum atomic E-state index is -0.922. The van der Waals surface area contributed by atoms with Gasteiger partial charge in [-0.15, -0.1) is 0 Å². The van der Waals surface area contributed by atoms with Crippen molar-refractivity contribution in [1.29, 1.82) is 0 Å². The lowest BCUT2D eigenvalue weighted by atomic mass is 10.1. The minimum absolute atomic E-state index is 0.0690. The Balaban J connectivity index is 1.64. The molecule has 3 aromatic rings. The molecule has 4 rings (SSSR count). The molecule has 1 aliphatic rings. The van der Waals surface area contributed by atoms with Crippen LogP contribution >= 0.6 is 11.6 Å². The number of nitro groups is 1. The Morgan fingerprint density at radius 2 is 1.82 bits per heavy atom. The Morgan fingerprint density at radius 3 is 2.45 bits per heavy atom. The quantitative estimate of drug-likeness (QED) is 0.257. The van der Waals surface area contributed by atoms with Crippen LogP contribution in [0.1, 0.15) is 5.76 Å². The van der Waals surface area contributed by atoms with E-state index in [-0.39, 0.29) is 27.7 Å². The number of halogens is 1. The molecule has 33 heavy (non-hydrogen) atoms. The third-order valence-electron chi connectivity index (χ3n) is 4.77. The number of methoxy groups -OCH3 is 1. The number of carbonyl (C=O) groups is 3. The van der Waals surface area contributed by atoms with Crippen molar-refractivity contribution in [2.24, 2.45) is 0 Å². The van der Waals surface area contributed by atoms with E-state index in [0.29, 0.717) is 17.1 Å². The lowest BCUT2D eigenvalue weighted by Crippen LogP contribution is -2.54. The second-order valence-corrected chi connectivity index (χ2v) is 7.19. The van der Waals surface area contributed by atoms with Gasteiger partial charge >= 0.3 is 6.03 Å². The maximum Gasteiger partial charge on any atom is 0.335 e. The number of nitrogens with one attached hydrogen (secondary N) is 1. The van der Waals surface area contributed by atoms with Crippen molar-refractivity contribution in [1.82, 2.24) is 5.32 Å². The fourth-order valence-electron chi connectivity index (χ4n) is 3.16. The summed E-state index contributed by atoms with van der Waals surface area (Å²) in [6, 6.07) is 12.2. The van der Waals surface area contributed by atoms with Gasteiger partial charge in [0.25, 0.3) is 17.5 Å². The van der Waals surface area contributed by atoms with E-state index in [9.17, 15) is 24.5 Å². The number of imide groups is 2. The van der Waals surface area contributed by atoms with Gasteiger partial charge in [0.1, 0.15) is 22.8 Å². The van der Waals surface area contributed by atoms with Crippen molar-refractivity contribution in [3.8, 4) is 17.1 Å². The van der Waals surface area contributed by atoms with Gasteiger partial charge in [-0.2, -0.15) is 0 Å². The topological polar surface area (TPSA) is 132 Å². The van der Waals surface area contributed by atoms with Gasteiger partial charge in [-0.05, 0) is 48.5 Å². The molecule has 4 amide bonds. The predicted molar refractivity (Wildman–Crippen MR) is 118 cm³/mol. The molecule has 0 radical (unpaired) electrons. The summed E-state index contributed by atoms with van der Waals surface area (Å²) in [7, 11) is 1.42. The number of anilines is 1. The van der Waals surface area contributed by atoms with Crippen LogP contribution < -0.4 is 15.0 Å². The molecular weight excluding hydrogens is 454 g/mol. The molecule has 1 N–H and O–H groups in total. The molecule has 0 saturated carbocycles. The van der Waals surface area contributed by atoms with Crippen molar-refractivity contribution in [2.75, 3.05) is 12.0 Å². The van der Waals surface area contributed by atoms with Gasteiger partial charge in [0, 0.05) is 17.7 Å². The van der Waals surface area contributed by atoms with Crippen LogP contribution in [-0.2, 0) is 9.59 Å². The second-order valence-electron chi connectivity index (χ2n) is 6.78. The highest BCUT2D eigenvalue weighted by atomic mass is 35.5. The largest absolute Gasteiger partial charge is 0.495 e. The average molecular weight is 468 g/mol. The summed E-state index contributed by atoms with van der Waals surface area (Å²) in [5, 5.41) is 13.1. The molecule has 0 aliphatic carbocycles. The predicted octanol–water partition coefficient (Wildman–Crippen LogP) is 4.18. The summed E-state index contributed by atoms with van der Waals surface area (Å²) in [5.74, 6) is -0.849. The number of furan rings is 1. The Morgan fingerprint density at radius 1 is 1.09 bits per heavy atom. The highest BCUT2D eigenvalue weighted by Gasteiger charge is 2.37. The monoisotopic (exact) mass is 467 g/mol. The van der Waals surface area contributed by atoms with Crippen LogP contribution in [0, 0.1) is 10.1 Å². The van der Waals surface area contributed by atoms with E-state index in [1.54, 1.807) is 6.07 Å². The average Bonchev–Trinajstić information content (AvgIpc) is 3.25. The number of rotatable bonds is 5. The molecule has 2 heterocycles. The van der Waals surface area contributed by atoms with Gasteiger partial charge in [-0.25, -0.2) is 9.69 Å². The number of ether oxygens (including phenoxy) is 1. The third-order valence-corrected chi connectivity index (χ3v) is 5.07. The molecular formula is C22H14ClN3O7. The highest BCUT2D eigenvalue weighted by Crippen LogP contribution is 2.31. The Hall–Kier alpha value is -4.44. The molecule has 2 aromatic carbocycles. The van der Waals surface area contributed by atoms with Crippen LogP contribution in [0.2, 0.25) is 5.02 Å². The fourth-order valence-corrected chi connectivity index (χ4v) is 3.41. The maximum absolute atomic E-state index is 13.0. The van der Waals surface area contributed by atoms with E-state index in [1.165, 1.54) is 61.7 Å². The van der Waals surface area contributed by atoms with Gasteiger partial charge < -0.3 is 9.15 Å². The number of urea groups is 1. The highest BCUT2D eigenvalue weighted by molar-refractivity contribution is 6.39. The number of carbonyl (C=O) groups excluding carboxylic acids is 3. The SMILES string of the molecule is COc1ccc(N2C(=O)NC(=O)/C(=C/c3ccc(-c4ccc([N+](=O)[O-])cc4)o3)C2=O)cc1Cl. The molecule has 1 saturated heterocycles. The van der Waals surface area contributed by atoms with E-state index < -0.39 is 22.8 Å². The van der Waals surface area contributed by atoms with Crippen LogP contribution in [-0.4, -0.2) is 29.9 Å². The van der Waals surface area contributed by atoms with Crippen LogP contribution in [0.5, 0.6) is 5.75 Å². The summed E-state index contributed by atoms with van der Waals surface area (Å²) in [6.07, 6.45) is 1.21. The lowest BCUT2D eigenvalue weighted by Gasteiger charge is -2.26. The first-order valence-electron chi connectivity index (χ1n) is 9.38. The van der Waals surface area contributed by atoms with Crippen molar-refractivity contribution in [2.45, 2.75) is 0 Å². The zero-order valence-corrected chi connectivity index (χ0v) is 17.7. The minimum Gasteiger partial charge on any atom is -0.495 e. The molecule has 1 aliphatic heterocycles. The summed E-state index contributed by atoms with van der Waals surface area (Å²) in [4.78, 5) is 48.7. The van der Waals surface area contributed by atoms with Crippen LogP contribution in [0.25, 0.3) is 17.4 Å². The van der Waals surface area contributed by atoms with Crippen LogP contribution in [0.4, 0.5) is 16.2 Å². The lowest BCUT2D eigenvalue weighted by molar-refractivity contribution is -0.384. The Kier molecular flexibility index (Phi) is 5.67. The summed E-state index contributed by atoms with van der Waals surface area (Å²) in [5.41, 5.74) is 0.314. The van der Waals surface area contributed by atoms with Crippen molar-refractivity contribution < 1.29 is 28.5 Å². The van der Waals surface area contributed by atoms with E-state index >= 15 is 0 Å². The van der Waals surface area contributed by atoms with Gasteiger partial charge in [-0.3, -0.25) is 25.0 Å². The molecule has 0 atom stereocenters. The van der Waals surface area contributed by atoms with E-state index in [2.05, 4.69) is 5.32 Å². The number of nitro benzene ring substituents is 1. The second kappa shape index (κ2) is 8.60. The molecule has 1 aromatic heterocycles. The van der Waals surface area contributed by atoms with Crippen LogP contribution in [0.15, 0.2) is 64.6 Å². The summed E-state index contributed by atoms with van der Waals surface area (Å²) in [6.45, 7) is 0. The van der Waals surface area contributed by atoms with Gasteiger partial charge in [0.05, 0.1) is 22.7 Å². The van der Waals surface area contributed by atoms with Gasteiger partial charge in [-0.1, -0.05) is 11.6 Å². The van der Waals surface area contributed by atoms with E-state index in [1.807, 2.05) is 0 Å². The molecule has 10 nitrogen and oxygen atoms in total. The Labute approximate surface area is 191 Å². The van der Waals surface area contributed by atoms with E-state index in [0.717, 1.165) is 4.90 Å². The molecule has 166 valence electrons. The number of amides is 4. The number of hydrogen-bond acceptors (Lipinski definition) is 7. The van der Waals surface area contributed by atoms with Crippen molar-refractivity contribution >= 4 is 46.9 Å². The molecule has 11 heteroatoms. The molecule has 0 bridgehead atoms. The molecule has 0 spiro atoms. The van der Waals surface area contributed by atoms with Crippen molar-refractivity contribution in [3.05, 3.63) is 81.1 Å². The number of non-ortho nitro benzene ring substituents is 1.